The molecule has 0 radical (unpaired) electrons. The third-order valence-corrected chi connectivity index (χ3v) is 4.85. The van der Waals surface area contributed by atoms with Gasteiger partial charge in [-0.25, -0.2) is 0 Å². The first kappa shape index (κ1) is 15.3. The summed E-state index contributed by atoms with van der Waals surface area (Å²) < 4.78 is 12.2. The van der Waals surface area contributed by atoms with E-state index in [-0.39, 0.29) is 6.10 Å². The van der Waals surface area contributed by atoms with Crippen molar-refractivity contribution in [3.05, 3.63) is 69.7 Å². The second-order valence-electron chi connectivity index (χ2n) is 4.83. The number of ether oxygens (including phenoxy) is 2. The van der Waals surface area contributed by atoms with E-state index in [4.69, 9.17) is 32.7 Å². The molecule has 0 aliphatic carbocycles. The quantitative estimate of drug-likeness (QED) is 0.662. The van der Waals surface area contributed by atoms with Crippen LogP contribution in [0.15, 0.2) is 48.5 Å². The summed E-state index contributed by atoms with van der Waals surface area (Å²) in [5, 5.41) is 1.90. The molecule has 2 aromatic carbocycles. The molecule has 110 valence electrons. The van der Waals surface area contributed by atoms with E-state index in [1.54, 1.807) is 0 Å². The minimum absolute atomic E-state index is 0.188. The van der Waals surface area contributed by atoms with Gasteiger partial charge in [-0.3, -0.25) is 0 Å². The molecule has 2 aromatic rings. The number of benzene rings is 2. The third kappa shape index (κ3) is 2.99. The topological polar surface area (TPSA) is 18.5 Å². The van der Waals surface area contributed by atoms with E-state index in [2.05, 4.69) is 15.9 Å². The lowest BCUT2D eigenvalue weighted by molar-refractivity contribution is -0.157. The van der Waals surface area contributed by atoms with Crippen molar-refractivity contribution in [2.75, 3.05) is 11.9 Å². The maximum Gasteiger partial charge on any atom is 0.205 e. The minimum atomic E-state index is -0.811. The Morgan fingerprint density at radius 3 is 2.48 bits per heavy atom. The lowest BCUT2D eigenvalue weighted by atomic mass is 10.1. The third-order valence-electron chi connectivity index (χ3n) is 3.51. The van der Waals surface area contributed by atoms with Crippen LogP contribution in [-0.2, 0) is 15.3 Å². The Balaban J connectivity index is 1.90. The van der Waals surface area contributed by atoms with Gasteiger partial charge in [-0.15, -0.1) is 0 Å². The Labute approximate surface area is 142 Å². The highest BCUT2D eigenvalue weighted by atomic mass is 79.9. The summed E-state index contributed by atoms with van der Waals surface area (Å²) in [5.41, 5.74) is 1.87. The average molecular weight is 388 g/mol. The standard InChI is InChI=1S/C16H13BrCl2O2/c17-10-16(11-5-7-12(18)8-6-11)20-9-15(21-16)13-3-1-2-4-14(13)19/h1-8,15H,9-10H2. The molecule has 5 heteroatoms. The molecule has 2 unspecified atom stereocenters. The molecule has 3 rings (SSSR count). The fourth-order valence-corrected chi connectivity index (χ4v) is 3.40. The molecule has 2 nitrogen and oxygen atoms in total. The summed E-state index contributed by atoms with van der Waals surface area (Å²) in [4.78, 5) is 0. The van der Waals surface area contributed by atoms with Gasteiger partial charge >= 0.3 is 0 Å². The first-order valence-electron chi connectivity index (χ1n) is 6.53. The highest BCUT2D eigenvalue weighted by Gasteiger charge is 2.43. The molecular weight excluding hydrogens is 375 g/mol. The SMILES string of the molecule is Clc1ccc(C2(CBr)OCC(c3ccccc3Cl)O2)cc1. The number of hydrogen-bond donors (Lipinski definition) is 0. The second-order valence-corrected chi connectivity index (χ2v) is 6.24. The number of alkyl halides is 1. The summed E-state index contributed by atoms with van der Waals surface area (Å²) >= 11 is 15.7. The van der Waals surface area contributed by atoms with Crippen LogP contribution in [0.5, 0.6) is 0 Å². The van der Waals surface area contributed by atoms with Gasteiger partial charge in [0.2, 0.25) is 5.79 Å². The van der Waals surface area contributed by atoms with Crippen molar-refractivity contribution >= 4 is 39.1 Å². The second kappa shape index (κ2) is 6.27. The van der Waals surface area contributed by atoms with E-state index in [1.165, 1.54) is 0 Å². The molecule has 0 N–H and O–H groups in total. The van der Waals surface area contributed by atoms with Crippen LogP contribution in [0.25, 0.3) is 0 Å². The molecule has 0 bridgehead atoms. The minimum Gasteiger partial charge on any atom is -0.342 e. The van der Waals surface area contributed by atoms with Crippen molar-refractivity contribution in [3.8, 4) is 0 Å². The molecule has 0 saturated carbocycles. The van der Waals surface area contributed by atoms with Crippen LogP contribution in [0.4, 0.5) is 0 Å². The highest BCUT2D eigenvalue weighted by molar-refractivity contribution is 9.09. The van der Waals surface area contributed by atoms with E-state index in [0.29, 0.717) is 22.0 Å². The number of hydrogen-bond acceptors (Lipinski definition) is 2. The zero-order valence-corrected chi connectivity index (χ0v) is 14.2. The zero-order valence-electron chi connectivity index (χ0n) is 11.1. The molecule has 2 atom stereocenters. The number of rotatable bonds is 3. The molecule has 1 heterocycles. The van der Waals surface area contributed by atoms with Crippen LogP contribution >= 0.6 is 39.1 Å². The molecule has 0 amide bonds. The summed E-state index contributed by atoms with van der Waals surface area (Å²) in [7, 11) is 0. The summed E-state index contributed by atoms with van der Waals surface area (Å²) in [6.45, 7) is 0.456. The van der Waals surface area contributed by atoms with E-state index >= 15 is 0 Å². The van der Waals surface area contributed by atoms with Crippen molar-refractivity contribution in [2.24, 2.45) is 0 Å². The average Bonchev–Trinajstić information content (AvgIpc) is 2.94. The summed E-state index contributed by atoms with van der Waals surface area (Å²) in [5.74, 6) is -0.811. The normalized spacial score (nSPS) is 25.2. The van der Waals surface area contributed by atoms with Crippen LogP contribution in [0.3, 0.4) is 0 Å². The maximum absolute atomic E-state index is 6.24. The number of halogens is 3. The van der Waals surface area contributed by atoms with Crippen LogP contribution in [0.2, 0.25) is 10.0 Å². The van der Waals surface area contributed by atoms with Gasteiger partial charge in [0.05, 0.1) is 11.9 Å². The molecule has 1 aliphatic rings. The van der Waals surface area contributed by atoms with Gasteiger partial charge in [-0.05, 0) is 18.2 Å². The van der Waals surface area contributed by atoms with Crippen molar-refractivity contribution in [1.82, 2.24) is 0 Å². The highest BCUT2D eigenvalue weighted by Crippen LogP contribution is 2.43. The molecule has 1 fully saturated rings. The maximum atomic E-state index is 6.24. The lowest BCUT2D eigenvalue weighted by Crippen LogP contribution is -2.29. The largest absolute Gasteiger partial charge is 0.342 e. The van der Waals surface area contributed by atoms with Gasteiger partial charge in [0.1, 0.15) is 6.10 Å². The molecule has 0 spiro atoms. The molecule has 0 aromatic heterocycles. The van der Waals surface area contributed by atoms with Crippen LogP contribution in [0.1, 0.15) is 17.2 Å². The van der Waals surface area contributed by atoms with Gasteiger partial charge in [-0.2, -0.15) is 0 Å². The van der Waals surface area contributed by atoms with Crippen molar-refractivity contribution in [1.29, 1.82) is 0 Å². The van der Waals surface area contributed by atoms with Crippen molar-refractivity contribution < 1.29 is 9.47 Å². The van der Waals surface area contributed by atoms with Gasteiger partial charge in [0.25, 0.3) is 0 Å². The predicted molar refractivity (Wildman–Crippen MR) is 88.2 cm³/mol. The Hall–Kier alpha value is -0.580. The Morgan fingerprint density at radius 2 is 1.81 bits per heavy atom. The smallest absolute Gasteiger partial charge is 0.205 e. The predicted octanol–water partition coefficient (Wildman–Crippen LogP) is 5.33. The first-order valence-corrected chi connectivity index (χ1v) is 8.40. The van der Waals surface area contributed by atoms with Crippen LogP contribution in [0, 0.1) is 0 Å². The fourth-order valence-electron chi connectivity index (χ4n) is 2.40. The summed E-state index contributed by atoms with van der Waals surface area (Å²) in [6, 6.07) is 15.2. The van der Waals surface area contributed by atoms with E-state index in [9.17, 15) is 0 Å². The Morgan fingerprint density at radius 1 is 1.10 bits per heavy atom. The van der Waals surface area contributed by atoms with Gasteiger partial charge in [0.15, 0.2) is 0 Å². The van der Waals surface area contributed by atoms with Crippen molar-refractivity contribution in [2.45, 2.75) is 11.9 Å². The molecule has 21 heavy (non-hydrogen) atoms. The fraction of sp³-hybridized carbons (Fsp3) is 0.250. The lowest BCUT2D eigenvalue weighted by Gasteiger charge is -2.26. The van der Waals surface area contributed by atoms with E-state index in [0.717, 1.165) is 11.1 Å². The van der Waals surface area contributed by atoms with Gasteiger partial charge in [-0.1, -0.05) is 69.5 Å². The molecular formula is C16H13BrCl2O2. The molecule has 1 aliphatic heterocycles. The zero-order chi connectivity index (χ0) is 14.9. The monoisotopic (exact) mass is 386 g/mol. The van der Waals surface area contributed by atoms with Crippen LogP contribution in [-0.4, -0.2) is 11.9 Å². The summed E-state index contributed by atoms with van der Waals surface area (Å²) in [6.07, 6.45) is -0.188. The van der Waals surface area contributed by atoms with Gasteiger partial charge in [0, 0.05) is 21.2 Å². The van der Waals surface area contributed by atoms with E-state index in [1.807, 2.05) is 48.5 Å². The first-order chi connectivity index (χ1) is 10.1. The van der Waals surface area contributed by atoms with Crippen molar-refractivity contribution in [3.63, 3.8) is 0 Å². The Bertz CT molecular complexity index is 632. The van der Waals surface area contributed by atoms with E-state index < -0.39 is 5.79 Å². The molecule has 1 saturated heterocycles. The van der Waals surface area contributed by atoms with Crippen LogP contribution < -0.4 is 0 Å². The van der Waals surface area contributed by atoms with Gasteiger partial charge < -0.3 is 9.47 Å². The Kier molecular flexibility index (Phi) is 4.57.